The third kappa shape index (κ3) is 4.10. The molecule has 0 amide bonds. The van der Waals surface area contributed by atoms with Crippen LogP contribution in [0.25, 0.3) is 0 Å². The highest BCUT2D eigenvalue weighted by Gasteiger charge is 2.21. The minimum Gasteiger partial charge on any atom is -0.310 e. The molecule has 2 aromatic heterocycles. The van der Waals surface area contributed by atoms with Crippen molar-refractivity contribution in [2.45, 2.75) is 36.1 Å². The van der Waals surface area contributed by atoms with Gasteiger partial charge in [0.2, 0.25) is 10.0 Å². The van der Waals surface area contributed by atoms with E-state index in [0.717, 1.165) is 12.1 Å². The molecule has 2 heterocycles. The molecular weight excluding hydrogens is 310 g/mol. The Kier molecular flexibility index (Phi) is 4.34. The predicted octanol–water partition coefficient (Wildman–Crippen LogP) is 0.639. The highest BCUT2D eigenvalue weighted by atomic mass is 32.2. The topological polar surface area (TPSA) is 99.8 Å². The molecule has 114 valence electrons. The van der Waals surface area contributed by atoms with Gasteiger partial charge in [-0.15, -0.1) is 11.3 Å². The molecule has 0 unspecified atom stereocenters. The first kappa shape index (κ1) is 14.6. The highest BCUT2D eigenvalue weighted by Crippen LogP contribution is 2.22. The second-order valence-electron chi connectivity index (χ2n) is 5.01. The third-order valence-corrected chi connectivity index (χ3v) is 6.13. The number of hydrogen-bond donors (Lipinski definition) is 3. The summed E-state index contributed by atoms with van der Waals surface area (Å²) in [4.78, 5) is 3.95. The minimum atomic E-state index is -3.44. The first-order valence-electron chi connectivity index (χ1n) is 6.78. The zero-order valence-electron chi connectivity index (χ0n) is 11.4. The average Bonchev–Trinajstić information content (AvgIpc) is 2.93. The van der Waals surface area contributed by atoms with Crippen molar-refractivity contribution in [2.24, 2.45) is 0 Å². The highest BCUT2D eigenvalue weighted by molar-refractivity contribution is 7.91. The van der Waals surface area contributed by atoms with Crippen molar-refractivity contribution in [1.29, 1.82) is 0 Å². The van der Waals surface area contributed by atoms with Gasteiger partial charge in [0.05, 0.1) is 0 Å². The largest absolute Gasteiger partial charge is 0.310 e. The summed E-state index contributed by atoms with van der Waals surface area (Å²) in [5, 5.41) is 11.7. The van der Waals surface area contributed by atoms with Gasteiger partial charge in [-0.3, -0.25) is 5.10 Å². The molecule has 1 fully saturated rings. The summed E-state index contributed by atoms with van der Waals surface area (Å²) in [6, 6.07) is 2.35. The SMILES string of the molecule is O=S(=O)(NCCc1ncn[nH]1)c1cc(CNC2CC2)cs1. The molecule has 21 heavy (non-hydrogen) atoms. The molecule has 3 N–H and O–H groups in total. The molecule has 0 aromatic carbocycles. The quantitative estimate of drug-likeness (QED) is 0.661. The van der Waals surface area contributed by atoms with Crippen LogP contribution in [-0.2, 0) is 23.0 Å². The summed E-state index contributed by atoms with van der Waals surface area (Å²) < 4.78 is 27.2. The van der Waals surface area contributed by atoms with Gasteiger partial charge < -0.3 is 5.32 Å². The van der Waals surface area contributed by atoms with Crippen molar-refractivity contribution in [3.63, 3.8) is 0 Å². The summed E-state index contributed by atoms with van der Waals surface area (Å²) >= 11 is 1.25. The zero-order valence-corrected chi connectivity index (χ0v) is 13.0. The van der Waals surface area contributed by atoms with E-state index in [1.165, 1.54) is 30.5 Å². The number of nitrogens with one attached hydrogen (secondary N) is 3. The number of aromatic amines is 1. The van der Waals surface area contributed by atoms with E-state index < -0.39 is 10.0 Å². The van der Waals surface area contributed by atoms with Crippen LogP contribution >= 0.6 is 11.3 Å². The third-order valence-electron chi connectivity index (χ3n) is 3.19. The molecule has 9 heteroatoms. The van der Waals surface area contributed by atoms with Crippen LogP contribution < -0.4 is 10.0 Å². The average molecular weight is 327 g/mol. The molecule has 0 spiro atoms. The maximum atomic E-state index is 12.2. The fraction of sp³-hybridized carbons (Fsp3) is 0.500. The van der Waals surface area contributed by atoms with Crippen LogP contribution in [0.4, 0.5) is 0 Å². The van der Waals surface area contributed by atoms with Gasteiger partial charge in [0.25, 0.3) is 0 Å². The van der Waals surface area contributed by atoms with Crippen molar-refractivity contribution in [3.8, 4) is 0 Å². The summed E-state index contributed by atoms with van der Waals surface area (Å²) in [7, 11) is -3.44. The van der Waals surface area contributed by atoms with E-state index in [4.69, 9.17) is 0 Å². The van der Waals surface area contributed by atoms with Crippen molar-refractivity contribution >= 4 is 21.4 Å². The minimum absolute atomic E-state index is 0.297. The second kappa shape index (κ2) is 6.22. The van der Waals surface area contributed by atoms with Crippen molar-refractivity contribution in [1.82, 2.24) is 25.2 Å². The lowest BCUT2D eigenvalue weighted by Gasteiger charge is -2.03. The molecular formula is C12H17N5O2S2. The lowest BCUT2D eigenvalue weighted by Crippen LogP contribution is -2.25. The van der Waals surface area contributed by atoms with Gasteiger partial charge in [0.15, 0.2) is 0 Å². The standard InChI is InChI=1S/C12H17N5O2S2/c18-21(19,16-4-3-11-14-8-15-17-11)12-5-9(7-20-12)6-13-10-1-2-10/h5,7-8,10,13,16H,1-4,6H2,(H,14,15,17). The fourth-order valence-corrected chi connectivity index (χ4v) is 4.15. The molecule has 1 aliphatic carbocycles. The molecule has 0 saturated heterocycles. The normalized spacial score (nSPS) is 15.4. The maximum Gasteiger partial charge on any atom is 0.250 e. The van der Waals surface area contributed by atoms with E-state index in [2.05, 4.69) is 25.2 Å². The Bertz CT molecular complexity index is 676. The van der Waals surface area contributed by atoms with Gasteiger partial charge in [0, 0.05) is 25.6 Å². The van der Waals surface area contributed by atoms with Crippen LogP contribution in [0.2, 0.25) is 0 Å². The summed E-state index contributed by atoms with van der Waals surface area (Å²) in [5.41, 5.74) is 1.02. The summed E-state index contributed by atoms with van der Waals surface area (Å²) in [6.45, 7) is 1.03. The first-order chi connectivity index (χ1) is 10.1. The predicted molar refractivity (Wildman–Crippen MR) is 79.5 cm³/mol. The molecule has 3 rings (SSSR count). The zero-order chi connectivity index (χ0) is 14.7. The molecule has 0 bridgehead atoms. The van der Waals surface area contributed by atoms with Crippen LogP contribution in [0, 0.1) is 0 Å². The van der Waals surface area contributed by atoms with Gasteiger partial charge in [-0.2, -0.15) is 5.10 Å². The van der Waals surface area contributed by atoms with Gasteiger partial charge in [-0.05, 0) is 29.9 Å². The molecule has 1 saturated carbocycles. The van der Waals surface area contributed by atoms with Crippen molar-refractivity contribution < 1.29 is 8.42 Å². The number of sulfonamides is 1. The van der Waals surface area contributed by atoms with Crippen LogP contribution in [-0.4, -0.2) is 36.2 Å². The molecule has 1 aliphatic rings. The first-order valence-corrected chi connectivity index (χ1v) is 9.14. The number of rotatable bonds is 8. The monoisotopic (exact) mass is 327 g/mol. The Morgan fingerprint density at radius 2 is 2.29 bits per heavy atom. The van der Waals surface area contributed by atoms with Crippen LogP contribution in [0.1, 0.15) is 24.2 Å². The molecule has 7 nitrogen and oxygen atoms in total. The van der Waals surface area contributed by atoms with Crippen molar-refractivity contribution in [2.75, 3.05) is 6.54 Å². The van der Waals surface area contributed by atoms with Crippen LogP contribution in [0.15, 0.2) is 22.0 Å². The van der Waals surface area contributed by atoms with E-state index >= 15 is 0 Å². The Morgan fingerprint density at radius 3 is 3.00 bits per heavy atom. The van der Waals surface area contributed by atoms with Gasteiger partial charge >= 0.3 is 0 Å². The number of H-pyrrole nitrogens is 1. The Hall–Kier alpha value is -1.29. The lowest BCUT2D eigenvalue weighted by molar-refractivity contribution is 0.583. The van der Waals surface area contributed by atoms with Crippen LogP contribution in [0.5, 0.6) is 0 Å². The lowest BCUT2D eigenvalue weighted by atomic mass is 10.3. The number of hydrogen-bond acceptors (Lipinski definition) is 6. The maximum absolute atomic E-state index is 12.2. The Balaban J connectivity index is 1.53. The van der Waals surface area contributed by atoms with E-state index in [9.17, 15) is 8.42 Å². The molecule has 0 radical (unpaired) electrons. The molecule has 0 atom stereocenters. The van der Waals surface area contributed by atoms with E-state index in [0.29, 0.717) is 29.0 Å². The molecule has 0 aliphatic heterocycles. The van der Waals surface area contributed by atoms with E-state index in [-0.39, 0.29) is 0 Å². The number of aromatic nitrogens is 3. The van der Waals surface area contributed by atoms with E-state index in [1.54, 1.807) is 6.07 Å². The number of nitrogens with zero attached hydrogens (tertiary/aromatic N) is 2. The second-order valence-corrected chi connectivity index (χ2v) is 7.91. The summed E-state index contributed by atoms with van der Waals surface area (Å²) in [6.07, 6.45) is 4.33. The van der Waals surface area contributed by atoms with Gasteiger partial charge in [-0.1, -0.05) is 0 Å². The van der Waals surface area contributed by atoms with Gasteiger partial charge in [0.1, 0.15) is 16.4 Å². The number of thiophene rings is 1. The fourth-order valence-electron chi connectivity index (χ4n) is 1.86. The van der Waals surface area contributed by atoms with Gasteiger partial charge in [-0.25, -0.2) is 18.1 Å². The van der Waals surface area contributed by atoms with Crippen molar-refractivity contribution in [3.05, 3.63) is 29.2 Å². The smallest absolute Gasteiger partial charge is 0.250 e. The Labute approximate surface area is 127 Å². The Morgan fingerprint density at radius 1 is 1.43 bits per heavy atom. The summed E-state index contributed by atoms with van der Waals surface area (Å²) in [5.74, 6) is 0.665. The van der Waals surface area contributed by atoms with E-state index in [1.807, 2.05) is 5.38 Å². The van der Waals surface area contributed by atoms with Crippen LogP contribution in [0.3, 0.4) is 0 Å². The molecule has 2 aromatic rings.